The number of fused-ring (bicyclic) bond motifs is 6. The van der Waals surface area contributed by atoms with Crippen molar-refractivity contribution in [3.63, 3.8) is 0 Å². The summed E-state index contributed by atoms with van der Waals surface area (Å²) in [5.41, 5.74) is 1.02. The summed E-state index contributed by atoms with van der Waals surface area (Å²) in [6, 6.07) is 21.6. The fourth-order valence-electron chi connectivity index (χ4n) is 3.96. The van der Waals surface area contributed by atoms with Crippen molar-refractivity contribution in [1.82, 2.24) is 4.98 Å². The van der Waals surface area contributed by atoms with Crippen molar-refractivity contribution < 1.29 is 8.83 Å². The lowest BCUT2D eigenvalue weighted by molar-refractivity contribution is 0.563. The maximum absolute atomic E-state index is 12.8. The smallest absolute Gasteiger partial charge is 0.345 e. The Bertz CT molecular complexity index is 1800. The summed E-state index contributed by atoms with van der Waals surface area (Å²) in [7, 11) is 0. The minimum Gasteiger partial charge on any atom is -0.422 e. The molecule has 6 heteroatoms. The average molecular weight is 426 g/mol. The summed E-state index contributed by atoms with van der Waals surface area (Å²) in [6.45, 7) is 0. The van der Waals surface area contributed by atoms with Gasteiger partial charge in [-0.1, -0.05) is 41.9 Å². The third kappa shape index (κ3) is 2.75. The van der Waals surface area contributed by atoms with Crippen LogP contribution in [0.4, 0.5) is 0 Å². The van der Waals surface area contributed by atoms with E-state index in [-0.39, 0.29) is 0 Å². The summed E-state index contributed by atoms with van der Waals surface area (Å²) in [6.07, 6.45) is 0. The van der Waals surface area contributed by atoms with E-state index >= 15 is 0 Å². The van der Waals surface area contributed by atoms with Gasteiger partial charge in [-0.3, -0.25) is 0 Å². The average Bonchev–Trinajstić information content (AvgIpc) is 2.79. The van der Waals surface area contributed by atoms with E-state index in [0.717, 1.165) is 16.2 Å². The van der Waals surface area contributed by atoms with Crippen molar-refractivity contribution in [1.29, 1.82) is 0 Å². The molecule has 0 amide bonds. The zero-order valence-electron chi connectivity index (χ0n) is 15.9. The van der Waals surface area contributed by atoms with Crippen LogP contribution in [-0.4, -0.2) is 4.98 Å². The minimum atomic E-state index is -0.500. The van der Waals surface area contributed by atoms with Crippen LogP contribution in [0, 0.1) is 0 Å². The molecule has 0 atom stereocenters. The van der Waals surface area contributed by atoms with Crippen molar-refractivity contribution in [2.75, 3.05) is 0 Å². The lowest BCUT2D eigenvalue weighted by Gasteiger charge is -2.07. The molecular weight excluding hydrogens is 414 g/mol. The van der Waals surface area contributed by atoms with E-state index in [0.29, 0.717) is 43.7 Å². The normalized spacial score (nSPS) is 11.6. The Balaban J connectivity index is 1.69. The number of hydrogen-bond acceptors (Lipinski definition) is 5. The van der Waals surface area contributed by atoms with Crippen LogP contribution in [0.15, 0.2) is 91.2 Å². The van der Waals surface area contributed by atoms with E-state index in [9.17, 15) is 9.59 Å². The monoisotopic (exact) mass is 425 g/mol. The summed E-state index contributed by atoms with van der Waals surface area (Å²) in [4.78, 5) is 29.8. The molecule has 0 saturated heterocycles. The number of aromatic nitrogens is 1. The second-order valence-corrected chi connectivity index (χ2v) is 7.71. The third-order valence-electron chi connectivity index (χ3n) is 5.43. The van der Waals surface area contributed by atoms with Gasteiger partial charge in [-0.15, -0.1) is 0 Å². The van der Waals surface area contributed by atoms with Crippen molar-refractivity contribution in [3.05, 3.63) is 98.7 Å². The van der Waals surface area contributed by atoms with Crippen molar-refractivity contribution in [2.45, 2.75) is 0 Å². The van der Waals surface area contributed by atoms with E-state index in [2.05, 4.69) is 4.98 Å². The van der Waals surface area contributed by atoms with Gasteiger partial charge in [-0.25, -0.2) is 14.6 Å². The molecule has 0 fully saturated rings. The van der Waals surface area contributed by atoms with Crippen molar-refractivity contribution >= 4 is 55.2 Å². The predicted molar refractivity (Wildman–Crippen MR) is 122 cm³/mol. The van der Waals surface area contributed by atoms with Crippen LogP contribution in [-0.2, 0) is 0 Å². The molecular formula is C25H12ClNO4. The molecule has 0 spiro atoms. The van der Waals surface area contributed by atoms with E-state index in [1.165, 1.54) is 0 Å². The maximum atomic E-state index is 12.8. The first-order valence-electron chi connectivity index (χ1n) is 9.58. The Hall–Kier alpha value is -3.96. The Morgan fingerprint density at radius 1 is 0.677 bits per heavy atom. The molecule has 0 N–H and O–H groups in total. The van der Waals surface area contributed by atoms with Crippen LogP contribution in [0.3, 0.4) is 0 Å². The molecule has 0 radical (unpaired) electrons. The molecule has 0 aliphatic heterocycles. The predicted octanol–water partition coefficient (Wildman–Crippen LogP) is 5.92. The van der Waals surface area contributed by atoms with Crippen molar-refractivity contribution in [2.24, 2.45) is 0 Å². The topological polar surface area (TPSA) is 73.3 Å². The van der Waals surface area contributed by atoms with Crippen molar-refractivity contribution in [3.8, 4) is 11.3 Å². The van der Waals surface area contributed by atoms with E-state index in [1.807, 2.05) is 30.3 Å². The number of rotatable bonds is 1. The Labute approximate surface area is 179 Å². The summed E-state index contributed by atoms with van der Waals surface area (Å²) in [5, 5.41) is 4.23. The van der Waals surface area contributed by atoms with Gasteiger partial charge in [0, 0.05) is 15.8 Å². The number of nitrogens with zero attached hydrogens (tertiary/aromatic N) is 1. The van der Waals surface area contributed by atoms with Gasteiger partial charge in [0.25, 0.3) is 0 Å². The highest BCUT2D eigenvalue weighted by Gasteiger charge is 2.15. The van der Waals surface area contributed by atoms with E-state index < -0.39 is 11.3 Å². The summed E-state index contributed by atoms with van der Waals surface area (Å²) >= 11 is 6.15. The molecule has 0 unspecified atom stereocenters. The molecule has 6 rings (SSSR count). The quantitative estimate of drug-likeness (QED) is 0.241. The zero-order chi connectivity index (χ0) is 21.1. The number of halogens is 1. The number of benzene rings is 3. The third-order valence-corrected chi connectivity index (χ3v) is 5.67. The number of hydrogen-bond donors (Lipinski definition) is 0. The second-order valence-electron chi connectivity index (χ2n) is 7.27. The van der Waals surface area contributed by atoms with E-state index in [1.54, 1.807) is 42.5 Å². The molecule has 0 aliphatic rings. The fraction of sp³-hybridized carbons (Fsp3) is 0. The van der Waals surface area contributed by atoms with Crippen LogP contribution in [0.2, 0.25) is 5.02 Å². The first-order chi connectivity index (χ1) is 15.1. The van der Waals surface area contributed by atoms with Crippen LogP contribution in [0.25, 0.3) is 54.9 Å². The molecule has 148 valence electrons. The largest absolute Gasteiger partial charge is 0.422 e. The molecule has 6 aromatic rings. The highest BCUT2D eigenvalue weighted by atomic mass is 35.5. The van der Waals surface area contributed by atoms with Crippen LogP contribution in [0.1, 0.15) is 0 Å². The van der Waals surface area contributed by atoms with Gasteiger partial charge in [-0.05, 0) is 53.2 Å². The highest BCUT2D eigenvalue weighted by molar-refractivity contribution is 6.31. The van der Waals surface area contributed by atoms with Gasteiger partial charge < -0.3 is 8.83 Å². The SMILES string of the molecule is O=c1oc2ccc3ccccc3c2cc1-c1ccc2c(=O)oc3ccc(Cl)cc3c2n1. The molecule has 3 heterocycles. The molecule has 0 bridgehead atoms. The molecule has 3 aromatic heterocycles. The zero-order valence-corrected chi connectivity index (χ0v) is 16.6. The van der Waals surface area contributed by atoms with Crippen LogP contribution in [0.5, 0.6) is 0 Å². The molecule has 0 aliphatic carbocycles. The Kier molecular flexibility index (Phi) is 3.76. The standard InChI is InChI=1S/C25H12ClNO4/c26-14-6-10-22-19(11-14)23-16(24(28)31-22)7-8-20(27-23)18-12-17-15-4-2-1-3-13(15)5-9-21(17)30-25(18)29/h1-12H. The minimum absolute atomic E-state index is 0.314. The molecule has 3 aromatic carbocycles. The highest BCUT2D eigenvalue weighted by Crippen LogP contribution is 2.29. The summed E-state index contributed by atoms with van der Waals surface area (Å²) < 4.78 is 11.0. The lowest BCUT2D eigenvalue weighted by Crippen LogP contribution is -2.06. The maximum Gasteiger partial charge on any atom is 0.345 e. The second kappa shape index (κ2) is 6.52. The van der Waals surface area contributed by atoms with Gasteiger partial charge in [0.2, 0.25) is 0 Å². The lowest BCUT2D eigenvalue weighted by atomic mass is 10.0. The summed E-state index contributed by atoms with van der Waals surface area (Å²) in [5.74, 6) is 0. The van der Waals surface area contributed by atoms with Gasteiger partial charge in [-0.2, -0.15) is 0 Å². The molecule has 5 nitrogen and oxygen atoms in total. The van der Waals surface area contributed by atoms with Gasteiger partial charge >= 0.3 is 11.3 Å². The Morgan fingerprint density at radius 3 is 2.35 bits per heavy atom. The van der Waals surface area contributed by atoms with Crippen LogP contribution < -0.4 is 11.3 Å². The fourth-order valence-corrected chi connectivity index (χ4v) is 4.13. The van der Waals surface area contributed by atoms with Gasteiger partial charge in [0.05, 0.1) is 22.2 Å². The first kappa shape index (κ1) is 17.9. The van der Waals surface area contributed by atoms with Crippen LogP contribution >= 0.6 is 11.6 Å². The molecule has 31 heavy (non-hydrogen) atoms. The Morgan fingerprint density at radius 2 is 1.45 bits per heavy atom. The number of pyridine rings is 1. The molecule has 0 saturated carbocycles. The first-order valence-corrected chi connectivity index (χ1v) is 9.95. The van der Waals surface area contributed by atoms with E-state index in [4.69, 9.17) is 20.4 Å². The van der Waals surface area contributed by atoms with Gasteiger partial charge in [0.15, 0.2) is 0 Å². The van der Waals surface area contributed by atoms with Gasteiger partial charge in [0.1, 0.15) is 11.2 Å².